The Balaban J connectivity index is 2.04. The summed E-state index contributed by atoms with van der Waals surface area (Å²) < 4.78 is 2.24. The summed E-state index contributed by atoms with van der Waals surface area (Å²) in [5.74, 6) is 0.790. The molecule has 0 bridgehead atoms. The molecule has 0 spiro atoms. The van der Waals surface area contributed by atoms with E-state index in [1.807, 2.05) is 55.5 Å². The zero-order chi connectivity index (χ0) is 20.1. The van der Waals surface area contributed by atoms with Gasteiger partial charge in [0.1, 0.15) is 10.3 Å². The summed E-state index contributed by atoms with van der Waals surface area (Å²) in [6.45, 7) is 4.47. The molecule has 0 fully saturated rings. The van der Waals surface area contributed by atoms with Crippen LogP contribution in [0, 0.1) is 11.3 Å². The van der Waals surface area contributed by atoms with Crippen LogP contribution in [-0.4, -0.2) is 9.55 Å². The van der Waals surface area contributed by atoms with E-state index in [9.17, 15) is 10.1 Å². The van der Waals surface area contributed by atoms with Gasteiger partial charge in [-0.3, -0.25) is 9.36 Å². The highest BCUT2D eigenvalue weighted by Gasteiger charge is 2.14. The van der Waals surface area contributed by atoms with Crippen molar-refractivity contribution in [3.05, 3.63) is 86.0 Å². The molecule has 0 unspecified atom stereocenters. The maximum Gasteiger partial charge on any atom is 0.268 e. The number of halogens is 1. The number of hydrogen-bond acceptors (Lipinski definition) is 3. The van der Waals surface area contributed by atoms with Gasteiger partial charge in [0.15, 0.2) is 0 Å². The Kier molecular flexibility index (Phi) is 6.43. The topological polar surface area (TPSA) is 58.7 Å². The van der Waals surface area contributed by atoms with Crippen molar-refractivity contribution in [2.75, 3.05) is 0 Å². The minimum absolute atomic E-state index is 0.0686. The Morgan fingerprint density at radius 2 is 1.89 bits per heavy atom. The molecule has 142 valence electrons. The second-order valence-electron chi connectivity index (χ2n) is 6.64. The molecule has 5 heteroatoms. The van der Waals surface area contributed by atoms with Crippen LogP contribution in [0.4, 0.5) is 0 Å². The van der Waals surface area contributed by atoms with Crippen molar-refractivity contribution in [3.8, 4) is 17.2 Å². The zero-order valence-electron chi connectivity index (χ0n) is 16.1. The zero-order valence-corrected chi connectivity index (χ0v) is 17.7. The van der Waals surface area contributed by atoms with Crippen molar-refractivity contribution in [2.24, 2.45) is 0 Å². The maximum atomic E-state index is 12.9. The third-order valence-corrected chi connectivity index (χ3v) is 5.50. The van der Waals surface area contributed by atoms with Crippen LogP contribution in [0.1, 0.15) is 42.9 Å². The smallest absolute Gasteiger partial charge is 0.268 e. The molecular formula is C23H22BrN3O. The van der Waals surface area contributed by atoms with Gasteiger partial charge < -0.3 is 0 Å². The summed E-state index contributed by atoms with van der Waals surface area (Å²) in [7, 11) is 0. The molecule has 3 rings (SSSR count). The molecule has 3 aromatic rings. The van der Waals surface area contributed by atoms with E-state index in [2.05, 4.69) is 28.9 Å². The number of hydrogen-bond donors (Lipinski definition) is 0. The van der Waals surface area contributed by atoms with E-state index < -0.39 is 0 Å². The summed E-state index contributed by atoms with van der Waals surface area (Å²) in [5, 5.41) is 9.64. The lowest BCUT2D eigenvalue weighted by atomic mass is 9.98. The molecule has 0 aliphatic rings. The normalized spacial score (nSPS) is 10.6. The number of nitrogens with zero attached hydrogens (tertiary/aromatic N) is 3. The van der Waals surface area contributed by atoms with Gasteiger partial charge in [0, 0.05) is 6.42 Å². The van der Waals surface area contributed by atoms with Crippen LogP contribution in [0.5, 0.6) is 0 Å². The lowest BCUT2D eigenvalue weighted by Crippen LogP contribution is -2.28. The van der Waals surface area contributed by atoms with E-state index in [4.69, 9.17) is 4.98 Å². The van der Waals surface area contributed by atoms with Gasteiger partial charge in [0.25, 0.3) is 5.56 Å². The van der Waals surface area contributed by atoms with Crippen molar-refractivity contribution >= 4 is 15.9 Å². The van der Waals surface area contributed by atoms with Gasteiger partial charge in [0.2, 0.25) is 0 Å². The predicted molar refractivity (Wildman–Crippen MR) is 115 cm³/mol. The van der Waals surface area contributed by atoms with E-state index in [1.165, 1.54) is 0 Å². The van der Waals surface area contributed by atoms with E-state index in [-0.39, 0.29) is 5.56 Å². The highest BCUT2D eigenvalue weighted by Crippen LogP contribution is 2.24. The van der Waals surface area contributed by atoms with Gasteiger partial charge in [-0.25, -0.2) is 4.98 Å². The average Bonchev–Trinajstić information content (AvgIpc) is 2.73. The molecule has 28 heavy (non-hydrogen) atoms. The highest BCUT2D eigenvalue weighted by atomic mass is 79.9. The molecule has 0 radical (unpaired) electrons. The minimum atomic E-state index is -0.0686. The number of aryl methyl sites for hydroxylation is 2. The predicted octanol–water partition coefficient (Wildman–Crippen LogP) is 5.11. The van der Waals surface area contributed by atoms with Crippen molar-refractivity contribution < 1.29 is 0 Å². The average molecular weight is 436 g/mol. The van der Waals surface area contributed by atoms with Gasteiger partial charge in [-0.2, -0.15) is 5.26 Å². The van der Waals surface area contributed by atoms with Crippen LogP contribution in [-0.2, 0) is 19.4 Å². The van der Waals surface area contributed by atoms with Crippen LogP contribution < -0.4 is 5.56 Å². The molecule has 0 aliphatic carbocycles. The van der Waals surface area contributed by atoms with Crippen molar-refractivity contribution in [1.82, 2.24) is 9.55 Å². The van der Waals surface area contributed by atoms with Crippen molar-refractivity contribution in [2.45, 2.75) is 39.7 Å². The Bertz CT molecular complexity index is 1080. The van der Waals surface area contributed by atoms with Crippen LogP contribution in [0.15, 0.2) is 57.8 Å². The van der Waals surface area contributed by atoms with E-state index >= 15 is 0 Å². The lowest BCUT2D eigenvalue weighted by molar-refractivity contribution is 0.640. The second-order valence-corrected chi connectivity index (χ2v) is 7.43. The fourth-order valence-corrected chi connectivity index (χ4v) is 3.85. The monoisotopic (exact) mass is 435 g/mol. The first-order valence-corrected chi connectivity index (χ1v) is 10.2. The first-order valence-electron chi connectivity index (χ1n) is 9.45. The van der Waals surface area contributed by atoms with Gasteiger partial charge in [0.05, 0.1) is 23.9 Å². The van der Waals surface area contributed by atoms with Crippen molar-refractivity contribution in [3.63, 3.8) is 0 Å². The lowest BCUT2D eigenvalue weighted by Gasteiger charge is -2.15. The number of benzene rings is 2. The van der Waals surface area contributed by atoms with Gasteiger partial charge >= 0.3 is 0 Å². The maximum absolute atomic E-state index is 12.9. The Morgan fingerprint density at radius 3 is 2.54 bits per heavy atom. The Hall–Kier alpha value is -2.71. The third kappa shape index (κ3) is 4.07. The summed E-state index contributed by atoms with van der Waals surface area (Å²) in [6.07, 6.45) is 2.36. The van der Waals surface area contributed by atoms with E-state index in [0.717, 1.165) is 41.1 Å². The quantitative estimate of drug-likeness (QED) is 0.540. The van der Waals surface area contributed by atoms with Gasteiger partial charge in [-0.15, -0.1) is 0 Å². The van der Waals surface area contributed by atoms with E-state index in [1.54, 1.807) is 4.57 Å². The van der Waals surface area contributed by atoms with Crippen LogP contribution in [0.25, 0.3) is 11.1 Å². The summed E-state index contributed by atoms with van der Waals surface area (Å²) in [4.78, 5) is 17.6. The number of nitriles is 1. The molecular weight excluding hydrogens is 414 g/mol. The largest absolute Gasteiger partial charge is 0.291 e. The SMILES string of the molecule is CCCc1nc(CC)c(Br)c(=O)n1Cc1ccc(-c2ccccc2)c(C#N)c1. The Morgan fingerprint density at radius 1 is 1.14 bits per heavy atom. The molecule has 0 saturated heterocycles. The fourth-order valence-electron chi connectivity index (χ4n) is 3.27. The van der Waals surface area contributed by atoms with Crippen LogP contribution in [0.3, 0.4) is 0 Å². The summed E-state index contributed by atoms with van der Waals surface area (Å²) >= 11 is 3.41. The van der Waals surface area contributed by atoms with Gasteiger partial charge in [-0.1, -0.05) is 56.3 Å². The standard InChI is InChI=1S/C23H22BrN3O/c1-3-8-21-26-20(4-2)22(24)23(28)27(21)15-16-11-12-19(18(13-16)14-25)17-9-6-5-7-10-17/h5-7,9-13H,3-4,8,15H2,1-2H3. The van der Waals surface area contributed by atoms with E-state index in [0.29, 0.717) is 23.0 Å². The number of rotatable bonds is 6. The molecule has 0 N–H and O–H groups in total. The second kappa shape index (κ2) is 8.99. The number of aromatic nitrogens is 2. The molecule has 4 nitrogen and oxygen atoms in total. The summed E-state index contributed by atoms with van der Waals surface area (Å²) in [5.41, 5.74) is 4.14. The molecule has 0 atom stereocenters. The highest BCUT2D eigenvalue weighted by molar-refractivity contribution is 9.10. The Labute approximate surface area is 173 Å². The third-order valence-electron chi connectivity index (χ3n) is 4.70. The fraction of sp³-hybridized carbons (Fsp3) is 0.261. The minimum Gasteiger partial charge on any atom is -0.291 e. The first-order chi connectivity index (χ1) is 13.6. The molecule has 0 saturated carbocycles. The van der Waals surface area contributed by atoms with Crippen LogP contribution in [0.2, 0.25) is 0 Å². The van der Waals surface area contributed by atoms with Crippen molar-refractivity contribution in [1.29, 1.82) is 5.26 Å². The first kappa shape index (κ1) is 20.0. The molecule has 1 aromatic heterocycles. The van der Waals surface area contributed by atoms with Crippen LogP contribution >= 0.6 is 15.9 Å². The molecule has 0 aliphatic heterocycles. The van der Waals surface area contributed by atoms with Gasteiger partial charge in [-0.05, 0) is 51.5 Å². The molecule has 1 heterocycles. The molecule has 0 amide bonds. The molecule has 2 aromatic carbocycles. The summed E-state index contributed by atoms with van der Waals surface area (Å²) in [6, 6.07) is 17.9.